The maximum Gasteiger partial charge on any atom is 0.295 e. The molecule has 2 N–H and O–H groups in total. The van der Waals surface area contributed by atoms with E-state index >= 15 is 0 Å². The van der Waals surface area contributed by atoms with Crippen molar-refractivity contribution >= 4 is 44.9 Å². The molecule has 0 bridgehead atoms. The molecule has 0 saturated heterocycles. The molecule has 0 saturated carbocycles. The molecule has 0 radical (unpaired) electrons. The second kappa shape index (κ2) is 8.33. The van der Waals surface area contributed by atoms with Gasteiger partial charge in [-0.05, 0) is 55.5 Å². The van der Waals surface area contributed by atoms with Gasteiger partial charge >= 0.3 is 0 Å². The quantitative estimate of drug-likeness (QED) is 0.322. The monoisotopic (exact) mass is 434 g/mol. The molecule has 1 aromatic heterocycles. The SMILES string of the molecule is Cc1ccc(/C=N/Nc2ccc(S(=O)(=O)Nc3ccc(Cl)cc3)cc2[N+](=O)[O-])o1. The number of sulfonamides is 1. The molecule has 3 rings (SSSR count). The van der Waals surface area contributed by atoms with Crippen LogP contribution in [0, 0.1) is 17.0 Å². The number of anilines is 2. The molecule has 0 aliphatic carbocycles. The van der Waals surface area contributed by atoms with Crippen LogP contribution in [0.25, 0.3) is 0 Å². The van der Waals surface area contributed by atoms with Crippen molar-refractivity contribution in [1.82, 2.24) is 0 Å². The largest absolute Gasteiger partial charge is 0.460 e. The Balaban J connectivity index is 1.83. The van der Waals surface area contributed by atoms with E-state index in [-0.39, 0.29) is 16.3 Å². The zero-order valence-corrected chi connectivity index (χ0v) is 16.6. The average Bonchev–Trinajstić information content (AvgIpc) is 3.08. The van der Waals surface area contributed by atoms with Gasteiger partial charge in [0.05, 0.1) is 16.0 Å². The number of hydrazone groups is 1. The van der Waals surface area contributed by atoms with Crippen molar-refractivity contribution in [2.75, 3.05) is 10.1 Å². The second-order valence-electron chi connectivity index (χ2n) is 5.87. The van der Waals surface area contributed by atoms with Gasteiger partial charge in [0.15, 0.2) is 0 Å². The van der Waals surface area contributed by atoms with Gasteiger partial charge in [-0.15, -0.1) is 0 Å². The maximum absolute atomic E-state index is 12.5. The summed E-state index contributed by atoms with van der Waals surface area (Å²) in [6, 6.07) is 12.9. The number of nitro benzene ring substituents is 1. The van der Waals surface area contributed by atoms with Crippen LogP contribution < -0.4 is 10.1 Å². The third kappa shape index (κ3) is 5.12. The van der Waals surface area contributed by atoms with Gasteiger partial charge in [0, 0.05) is 16.8 Å². The molecule has 0 unspecified atom stereocenters. The summed E-state index contributed by atoms with van der Waals surface area (Å²) in [6.45, 7) is 1.77. The Bertz CT molecular complexity index is 1170. The van der Waals surface area contributed by atoms with Crippen molar-refractivity contribution in [2.24, 2.45) is 5.10 Å². The molecule has 0 spiro atoms. The summed E-state index contributed by atoms with van der Waals surface area (Å²) in [5.74, 6) is 1.16. The van der Waals surface area contributed by atoms with Crippen LogP contribution in [0.4, 0.5) is 17.1 Å². The molecule has 0 aliphatic heterocycles. The summed E-state index contributed by atoms with van der Waals surface area (Å²) in [6.07, 6.45) is 1.35. The summed E-state index contributed by atoms with van der Waals surface area (Å²) in [5, 5.41) is 15.7. The molecular formula is C18H15ClN4O5S. The number of hydrogen-bond donors (Lipinski definition) is 2. The first-order chi connectivity index (χ1) is 13.7. The topological polar surface area (TPSA) is 127 Å². The highest BCUT2D eigenvalue weighted by Gasteiger charge is 2.21. The predicted molar refractivity (Wildman–Crippen MR) is 110 cm³/mol. The van der Waals surface area contributed by atoms with E-state index in [0.29, 0.717) is 16.5 Å². The number of nitro groups is 1. The van der Waals surface area contributed by atoms with Crippen LogP contribution in [0.3, 0.4) is 0 Å². The van der Waals surface area contributed by atoms with Crippen molar-refractivity contribution in [3.63, 3.8) is 0 Å². The number of nitrogens with one attached hydrogen (secondary N) is 2. The summed E-state index contributed by atoms with van der Waals surface area (Å²) < 4.78 is 32.7. The van der Waals surface area contributed by atoms with Gasteiger partial charge in [0.1, 0.15) is 17.2 Å². The number of furan rings is 1. The lowest BCUT2D eigenvalue weighted by molar-refractivity contribution is -0.384. The van der Waals surface area contributed by atoms with Crippen molar-refractivity contribution in [3.05, 3.63) is 81.3 Å². The standard InChI is InChI=1S/C18H15ClN4O5S/c1-12-2-7-15(28-12)11-20-21-17-9-8-16(10-18(17)23(24)25)29(26,27)22-14-5-3-13(19)4-6-14/h2-11,21-22H,1H3/b20-11+. The lowest BCUT2D eigenvalue weighted by atomic mass is 10.3. The lowest BCUT2D eigenvalue weighted by Gasteiger charge is -2.09. The Kier molecular flexibility index (Phi) is 5.85. The molecule has 29 heavy (non-hydrogen) atoms. The Morgan fingerprint density at radius 1 is 1.14 bits per heavy atom. The molecule has 0 amide bonds. The van der Waals surface area contributed by atoms with E-state index in [1.165, 1.54) is 42.6 Å². The van der Waals surface area contributed by atoms with Gasteiger partial charge in [-0.3, -0.25) is 20.3 Å². The number of aryl methyl sites for hydroxylation is 1. The van der Waals surface area contributed by atoms with Crippen LogP contribution in [-0.2, 0) is 10.0 Å². The van der Waals surface area contributed by atoms with Crippen molar-refractivity contribution in [1.29, 1.82) is 0 Å². The number of benzene rings is 2. The zero-order valence-electron chi connectivity index (χ0n) is 15.0. The van der Waals surface area contributed by atoms with Gasteiger partial charge in [-0.2, -0.15) is 5.10 Å². The van der Waals surface area contributed by atoms with Crippen LogP contribution in [0.15, 0.2) is 69.0 Å². The minimum atomic E-state index is -4.04. The van der Waals surface area contributed by atoms with Crippen LogP contribution in [-0.4, -0.2) is 19.6 Å². The first kappa shape index (κ1) is 20.4. The van der Waals surface area contributed by atoms with Gasteiger partial charge in [-0.1, -0.05) is 11.6 Å². The first-order valence-electron chi connectivity index (χ1n) is 8.17. The van der Waals surface area contributed by atoms with Crippen LogP contribution in [0.1, 0.15) is 11.5 Å². The smallest absolute Gasteiger partial charge is 0.295 e. The second-order valence-corrected chi connectivity index (χ2v) is 7.99. The Labute approximate surface area is 171 Å². The lowest BCUT2D eigenvalue weighted by Crippen LogP contribution is -2.13. The van der Waals surface area contributed by atoms with Gasteiger partial charge in [0.25, 0.3) is 15.7 Å². The van der Waals surface area contributed by atoms with Gasteiger partial charge in [-0.25, -0.2) is 8.42 Å². The molecule has 0 atom stereocenters. The van der Waals surface area contributed by atoms with E-state index in [9.17, 15) is 18.5 Å². The number of rotatable bonds is 7. The summed E-state index contributed by atoms with van der Waals surface area (Å²) >= 11 is 5.78. The predicted octanol–water partition coefficient (Wildman–Crippen LogP) is 4.40. The van der Waals surface area contributed by atoms with Crippen molar-refractivity contribution in [2.45, 2.75) is 11.8 Å². The van der Waals surface area contributed by atoms with E-state index in [1.54, 1.807) is 19.1 Å². The molecule has 9 nitrogen and oxygen atoms in total. The van der Waals surface area contributed by atoms with Gasteiger partial charge < -0.3 is 4.42 Å². The molecule has 0 aliphatic rings. The van der Waals surface area contributed by atoms with E-state index in [1.807, 2.05) is 0 Å². The van der Waals surface area contributed by atoms with Crippen LogP contribution in [0.2, 0.25) is 5.02 Å². The Hall–Kier alpha value is -3.37. The fourth-order valence-corrected chi connectivity index (χ4v) is 3.55. The van der Waals surface area contributed by atoms with Crippen molar-refractivity contribution in [3.8, 4) is 0 Å². The molecule has 1 heterocycles. The number of nitrogens with zero attached hydrogens (tertiary/aromatic N) is 2. The average molecular weight is 435 g/mol. The summed E-state index contributed by atoms with van der Waals surface area (Å²) in [5.41, 5.74) is 2.38. The third-order valence-corrected chi connectivity index (χ3v) is 5.34. The zero-order chi connectivity index (χ0) is 21.0. The molecule has 11 heteroatoms. The molecule has 150 valence electrons. The Morgan fingerprint density at radius 3 is 2.48 bits per heavy atom. The van der Waals surface area contributed by atoms with E-state index < -0.39 is 20.6 Å². The van der Waals surface area contributed by atoms with Gasteiger partial charge in [0.2, 0.25) is 0 Å². The highest BCUT2D eigenvalue weighted by atomic mass is 35.5. The first-order valence-corrected chi connectivity index (χ1v) is 10.0. The van der Waals surface area contributed by atoms with Crippen LogP contribution in [0.5, 0.6) is 0 Å². The number of halogens is 1. The van der Waals surface area contributed by atoms with Crippen molar-refractivity contribution < 1.29 is 17.8 Å². The summed E-state index contributed by atoms with van der Waals surface area (Å²) in [4.78, 5) is 10.4. The van der Waals surface area contributed by atoms with E-state index in [0.717, 1.165) is 6.07 Å². The van der Waals surface area contributed by atoms with Crippen LogP contribution >= 0.6 is 11.6 Å². The molecular weight excluding hydrogens is 420 g/mol. The molecule has 3 aromatic rings. The third-order valence-electron chi connectivity index (χ3n) is 3.71. The molecule has 2 aromatic carbocycles. The van der Waals surface area contributed by atoms with E-state index in [2.05, 4.69) is 15.2 Å². The Morgan fingerprint density at radius 2 is 1.86 bits per heavy atom. The minimum Gasteiger partial charge on any atom is -0.460 e. The maximum atomic E-state index is 12.5. The summed E-state index contributed by atoms with van der Waals surface area (Å²) in [7, 11) is -4.04. The normalized spacial score (nSPS) is 11.5. The fraction of sp³-hybridized carbons (Fsp3) is 0.0556. The highest BCUT2D eigenvalue weighted by molar-refractivity contribution is 7.92. The molecule has 0 fully saturated rings. The number of hydrogen-bond acceptors (Lipinski definition) is 7. The van der Waals surface area contributed by atoms with E-state index in [4.69, 9.17) is 16.0 Å². The highest BCUT2D eigenvalue weighted by Crippen LogP contribution is 2.28. The fourth-order valence-electron chi connectivity index (χ4n) is 2.34. The minimum absolute atomic E-state index is 0.0278.